The van der Waals surface area contributed by atoms with Gasteiger partial charge in [0.2, 0.25) is 0 Å². The van der Waals surface area contributed by atoms with Crippen molar-refractivity contribution in [2.75, 3.05) is 27.2 Å². The zero-order valence-corrected chi connectivity index (χ0v) is 17.8. The molecular formula is C20H46NSi+. The van der Waals surface area contributed by atoms with E-state index >= 15 is 0 Å². The van der Waals surface area contributed by atoms with Crippen molar-refractivity contribution in [3.8, 4) is 0 Å². The SMILES string of the molecule is CCCCCCCCCCCC[N+](C)(C)CCC[Si](C)(C)C. The normalized spacial score (nSPS) is 12.8. The predicted molar refractivity (Wildman–Crippen MR) is 106 cm³/mol. The molecular weight excluding hydrogens is 282 g/mol. The molecule has 0 aliphatic heterocycles. The topological polar surface area (TPSA) is 0 Å². The minimum absolute atomic E-state index is 0.832. The summed E-state index contributed by atoms with van der Waals surface area (Å²) in [4.78, 5) is 0. The molecule has 0 amide bonds. The van der Waals surface area contributed by atoms with Gasteiger partial charge in [0.1, 0.15) is 0 Å². The second-order valence-electron chi connectivity index (χ2n) is 9.23. The minimum Gasteiger partial charge on any atom is -0.328 e. The van der Waals surface area contributed by atoms with Crippen molar-refractivity contribution in [2.24, 2.45) is 0 Å². The van der Waals surface area contributed by atoms with Crippen molar-refractivity contribution < 1.29 is 4.48 Å². The first kappa shape index (κ1) is 22.2. The van der Waals surface area contributed by atoms with E-state index in [-0.39, 0.29) is 0 Å². The van der Waals surface area contributed by atoms with Gasteiger partial charge in [-0.25, -0.2) is 0 Å². The molecule has 0 rings (SSSR count). The van der Waals surface area contributed by atoms with Gasteiger partial charge in [0.15, 0.2) is 0 Å². The maximum atomic E-state index is 2.50. The molecule has 0 aliphatic rings. The first-order chi connectivity index (χ1) is 10.3. The zero-order valence-electron chi connectivity index (χ0n) is 16.8. The van der Waals surface area contributed by atoms with E-state index < -0.39 is 8.07 Å². The summed E-state index contributed by atoms with van der Waals surface area (Å²) in [6.07, 6.45) is 15.9. The Bertz CT molecular complexity index is 243. The van der Waals surface area contributed by atoms with Gasteiger partial charge in [-0.15, -0.1) is 0 Å². The lowest BCUT2D eigenvalue weighted by atomic mass is 10.1. The number of rotatable bonds is 15. The summed E-state index contributed by atoms with van der Waals surface area (Å²) in [5, 5.41) is 0. The van der Waals surface area contributed by atoms with Crippen LogP contribution in [0.25, 0.3) is 0 Å². The Labute approximate surface area is 143 Å². The number of quaternary nitrogens is 1. The van der Waals surface area contributed by atoms with Crippen LogP contribution in [0, 0.1) is 0 Å². The second-order valence-corrected chi connectivity index (χ2v) is 14.9. The molecule has 1 nitrogen and oxygen atoms in total. The Hall–Kier alpha value is 0.177. The van der Waals surface area contributed by atoms with E-state index in [1.54, 1.807) is 0 Å². The summed E-state index contributed by atoms with van der Waals surface area (Å²) in [5.74, 6) is 0. The summed E-state index contributed by atoms with van der Waals surface area (Å²) in [6.45, 7) is 12.5. The first-order valence-corrected chi connectivity index (χ1v) is 13.8. The molecule has 134 valence electrons. The Morgan fingerprint density at radius 1 is 0.591 bits per heavy atom. The average Bonchev–Trinajstić information content (AvgIpc) is 2.39. The molecule has 22 heavy (non-hydrogen) atoms. The van der Waals surface area contributed by atoms with Crippen LogP contribution in [-0.4, -0.2) is 39.7 Å². The second kappa shape index (κ2) is 12.6. The number of hydrogen-bond donors (Lipinski definition) is 0. The smallest absolute Gasteiger partial charge is 0.0782 e. The maximum absolute atomic E-state index is 2.50. The van der Waals surface area contributed by atoms with Gasteiger partial charge in [0.05, 0.1) is 27.2 Å². The van der Waals surface area contributed by atoms with E-state index in [0.29, 0.717) is 0 Å². The van der Waals surface area contributed by atoms with Gasteiger partial charge >= 0.3 is 0 Å². The van der Waals surface area contributed by atoms with Gasteiger partial charge in [-0.3, -0.25) is 0 Å². The third kappa shape index (κ3) is 16.5. The average molecular weight is 329 g/mol. The highest BCUT2D eigenvalue weighted by molar-refractivity contribution is 6.76. The lowest BCUT2D eigenvalue weighted by molar-refractivity contribution is -0.890. The molecule has 0 saturated heterocycles. The summed E-state index contributed by atoms with van der Waals surface area (Å²) in [5.41, 5.74) is 0. The molecule has 0 spiro atoms. The fraction of sp³-hybridized carbons (Fsp3) is 1.00. The molecule has 0 aromatic rings. The van der Waals surface area contributed by atoms with E-state index in [1.165, 1.54) is 94.2 Å². The summed E-state index contributed by atoms with van der Waals surface area (Å²) in [7, 11) is 4.02. The van der Waals surface area contributed by atoms with Crippen molar-refractivity contribution in [2.45, 2.75) is 103 Å². The van der Waals surface area contributed by atoms with Gasteiger partial charge in [0, 0.05) is 8.07 Å². The number of hydrogen-bond acceptors (Lipinski definition) is 0. The highest BCUT2D eigenvalue weighted by atomic mass is 28.3. The molecule has 0 N–H and O–H groups in total. The van der Waals surface area contributed by atoms with Crippen LogP contribution in [0.3, 0.4) is 0 Å². The summed E-state index contributed by atoms with van der Waals surface area (Å²) in [6, 6.07) is 1.49. The third-order valence-electron chi connectivity index (χ3n) is 4.81. The summed E-state index contributed by atoms with van der Waals surface area (Å²) < 4.78 is 1.24. The van der Waals surface area contributed by atoms with Crippen LogP contribution in [-0.2, 0) is 0 Å². The van der Waals surface area contributed by atoms with E-state index in [9.17, 15) is 0 Å². The van der Waals surface area contributed by atoms with E-state index in [2.05, 4.69) is 40.7 Å². The van der Waals surface area contributed by atoms with Gasteiger partial charge in [0.25, 0.3) is 0 Å². The molecule has 0 unspecified atom stereocenters. The quantitative estimate of drug-likeness (QED) is 0.178. The Balaban J connectivity index is 3.41. The summed E-state index contributed by atoms with van der Waals surface area (Å²) >= 11 is 0. The van der Waals surface area contributed by atoms with Gasteiger partial charge in [-0.2, -0.15) is 0 Å². The highest BCUT2D eigenvalue weighted by Crippen LogP contribution is 2.15. The van der Waals surface area contributed by atoms with Crippen molar-refractivity contribution in [1.82, 2.24) is 0 Å². The molecule has 0 fully saturated rings. The van der Waals surface area contributed by atoms with Crippen LogP contribution < -0.4 is 0 Å². The lowest BCUT2D eigenvalue weighted by Crippen LogP contribution is -2.41. The fourth-order valence-corrected chi connectivity index (χ4v) is 4.40. The Kier molecular flexibility index (Phi) is 12.7. The number of unbranched alkanes of at least 4 members (excludes halogenated alkanes) is 9. The first-order valence-electron chi connectivity index (χ1n) is 10.1. The van der Waals surface area contributed by atoms with Crippen LogP contribution >= 0.6 is 0 Å². The monoisotopic (exact) mass is 328 g/mol. The number of nitrogens with zero attached hydrogens (tertiary/aromatic N) is 1. The van der Waals surface area contributed by atoms with Gasteiger partial charge in [-0.1, -0.05) is 84.0 Å². The largest absolute Gasteiger partial charge is 0.328 e. The van der Waals surface area contributed by atoms with Crippen LogP contribution in [0.5, 0.6) is 0 Å². The van der Waals surface area contributed by atoms with E-state index in [1.807, 2.05) is 0 Å². The molecule has 0 saturated carbocycles. The van der Waals surface area contributed by atoms with Crippen molar-refractivity contribution >= 4 is 8.07 Å². The molecule has 0 heterocycles. The van der Waals surface area contributed by atoms with Crippen LogP contribution in [0.15, 0.2) is 0 Å². The van der Waals surface area contributed by atoms with Gasteiger partial charge < -0.3 is 4.48 Å². The van der Waals surface area contributed by atoms with Crippen LogP contribution in [0.1, 0.15) is 77.6 Å². The predicted octanol–water partition coefficient (Wildman–Crippen LogP) is 6.71. The molecule has 0 bridgehead atoms. The fourth-order valence-electron chi connectivity index (χ4n) is 3.18. The Morgan fingerprint density at radius 3 is 1.45 bits per heavy atom. The minimum atomic E-state index is -0.832. The lowest BCUT2D eigenvalue weighted by Gasteiger charge is -2.31. The molecule has 2 heteroatoms. The third-order valence-corrected chi connectivity index (χ3v) is 6.66. The molecule has 0 atom stereocenters. The Morgan fingerprint density at radius 2 is 1.00 bits per heavy atom. The molecule has 0 radical (unpaired) electrons. The van der Waals surface area contributed by atoms with Gasteiger partial charge in [-0.05, 0) is 19.3 Å². The van der Waals surface area contributed by atoms with E-state index in [4.69, 9.17) is 0 Å². The standard InChI is InChI=1S/C20H46NSi/c1-7-8-9-10-11-12-13-14-15-16-18-21(2,3)19-17-20-22(4,5)6/h7-20H2,1-6H3/q+1. The van der Waals surface area contributed by atoms with Crippen molar-refractivity contribution in [1.29, 1.82) is 0 Å². The van der Waals surface area contributed by atoms with E-state index in [0.717, 1.165) is 0 Å². The van der Waals surface area contributed by atoms with Crippen molar-refractivity contribution in [3.63, 3.8) is 0 Å². The highest BCUT2D eigenvalue weighted by Gasteiger charge is 2.18. The maximum Gasteiger partial charge on any atom is 0.0782 e. The van der Waals surface area contributed by atoms with Crippen LogP contribution in [0.4, 0.5) is 0 Å². The van der Waals surface area contributed by atoms with Crippen LogP contribution in [0.2, 0.25) is 25.7 Å². The zero-order chi connectivity index (χ0) is 16.9. The molecule has 0 aromatic carbocycles. The molecule has 0 aromatic heterocycles. The molecule has 0 aliphatic carbocycles. The van der Waals surface area contributed by atoms with Crippen molar-refractivity contribution in [3.05, 3.63) is 0 Å².